The van der Waals surface area contributed by atoms with Gasteiger partial charge in [-0.15, -0.1) is 0 Å². The van der Waals surface area contributed by atoms with Crippen LogP contribution < -0.4 is 5.32 Å². The van der Waals surface area contributed by atoms with Crippen LogP contribution in [0, 0.1) is 0 Å². The first kappa shape index (κ1) is 23.3. The number of amides is 2. The molecule has 0 saturated carbocycles. The first-order chi connectivity index (χ1) is 17.1. The molecule has 35 heavy (non-hydrogen) atoms. The lowest BCUT2D eigenvalue weighted by molar-refractivity contribution is -0.126. The van der Waals surface area contributed by atoms with Crippen LogP contribution in [0.3, 0.4) is 0 Å². The molecule has 0 spiro atoms. The number of ether oxygens (including phenoxy) is 1. The van der Waals surface area contributed by atoms with Gasteiger partial charge in [-0.05, 0) is 41.3 Å². The summed E-state index contributed by atoms with van der Waals surface area (Å²) in [4.78, 5) is 30.5. The summed E-state index contributed by atoms with van der Waals surface area (Å²) in [5.41, 5.74) is 4.41. The van der Waals surface area contributed by atoms with Crippen molar-refractivity contribution in [3.8, 4) is 0 Å². The van der Waals surface area contributed by atoms with Crippen LogP contribution in [0.25, 0.3) is 0 Å². The van der Waals surface area contributed by atoms with Gasteiger partial charge >= 0.3 is 0 Å². The van der Waals surface area contributed by atoms with E-state index in [-0.39, 0.29) is 23.7 Å². The predicted molar refractivity (Wildman–Crippen MR) is 131 cm³/mol. The third-order valence-corrected chi connectivity index (χ3v) is 6.73. The molecule has 2 atom stereocenters. The van der Waals surface area contributed by atoms with Crippen LogP contribution in [-0.4, -0.2) is 53.5 Å². The fraction of sp³-hybridized carbons (Fsp3) is 0.357. The lowest BCUT2D eigenvalue weighted by atomic mass is 9.93. The quantitative estimate of drug-likeness (QED) is 0.594. The number of nitrogens with one attached hydrogen (secondary N) is 1. The van der Waals surface area contributed by atoms with Crippen molar-refractivity contribution in [3.63, 3.8) is 0 Å². The van der Waals surface area contributed by atoms with E-state index in [0.29, 0.717) is 19.5 Å². The maximum atomic E-state index is 13.3. The zero-order valence-electron chi connectivity index (χ0n) is 20.0. The molecule has 1 N–H and O–H groups in total. The Morgan fingerprint density at radius 3 is 2.66 bits per heavy atom. The van der Waals surface area contributed by atoms with Gasteiger partial charge in [-0.2, -0.15) is 0 Å². The number of fused-ring (bicyclic) bond motifs is 1. The molecule has 2 aliphatic rings. The first-order valence-corrected chi connectivity index (χ1v) is 12.2. The normalized spacial score (nSPS) is 20.3. The van der Waals surface area contributed by atoms with Crippen molar-refractivity contribution >= 4 is 11.8 Å². The molecule has 5 rings (SSSR count). The summed E-state index contributed by atoms with van der Waals surface area (Å²) in [5, 5.41) is 3.07. The van der Waals surface area contributed by atoms with Crippen molar-refractivity contribution < 1.29 is 18.7 Å². The molecule has 2 unspecified atom stereocenters. The average Bonchev–Trinajstić information content (AvgIpc) is 3.41. The Bertz CT molecular complexity index is 1180. The van der Waals surface area contributed by atoms with Gasteiger partial charge in [-0.25, -0.2) is 0 Å². The fourth-order valence-electron chi connectivity index (χ4n) is 4.95. The van der Waals surface area contributed by atoms with E-state index < -0.39 is 6.04 Å². The number of furan rings is 1. The predicted octanol–water partition coefficient (Wildman–Crippen LogP) is 3.38. The zero-order chi connectivity index (χ0) is 24.2. The van der Waals surface area contributed by atoms with Gasteiger partial charge in [0.1, 0.15) is 6.04 Å². The van der Waals surface area contributed by atoms with E-state index in [0.717, 1.165) is 42.9 Å². The monoisotopic (exact) mass is 473 g/mol. The Morgan fingerprint density at radius 1 is 1.03 bits per heavy atom. The van der Waals surface area contributed by atoms with Crippen LogP contribution in [0.2, 0.25) is 0 Å². The van der Waals surface area contributed by atoms with Gasteiger partial charge in [0.25, 0.3) is 5.91 Å². The smallest absolute Gasteiger partial charge is 0.290 e. The highest BCUT2D eigenvalue weighted by Gasteiger charge is 2.35. The summed E-state index contributed by atoms with van der Waals surface area (Å²) in [6, 6.07) is 19.0. The van der Waals surface area contributed by atoms with E-state index in [1.807, 2.05) is 36.4 Å². The van der Waals surface area contributed by atoms with Crippen LogP contribution in [-0.2, 0) is 35.6 Å². The molecule has 0 aliphatic carbocycles. The largest absolute Gasteiger partial charge is 0.459 e. The van der Waals surface area contributed by atoms with Crippen LogP contribution in [0.1, 0.15) is 39.7 Å². The summed E-state index contributed by atoms with van der Waals surface area (Å²) in [6.45, 7) is 6.35. The van der Waals surface area contributed by atoms with Crippen molar-refractivity contribution in [1.29, 1.82) is 0 Å². The summed E-state index contributed by atoms with van der Waals surface area (Å²) in [6.07, 6.45) is 2.20. The van der Waals surface area contributed by atoms with Crippen molar-refractivity contribution in [2.45, 2.75) is 45.1 Å². The fourth-order valence-corrected chi connectivity index (χ4v) is 4.95. The van der Waals surface area contributed by atoms with Crippen LogP contribution in [0.15, 0.2) is 71.3 Å². The SMILES string of the molecule is CC1CN(Cc2cccc(CNC(=O)C3Cc4ccccc4CN3C(=O)c3ccco3)c2)CCO1. The molecule has 2 aromatic carbocycles. The Morgan fingerprint density at radius 2 is 1.86 bits per heavy atom. The second-order valence-electron chi connectivity index (χ2n) is 9.35. The summed E-state index contributed by atoms with van der Waals surface area (Å²) < 4.78 is 11.0. The summed E-state index contributed by atoms with van der Waals surface area (Å²) in [7, 11) is 0. The molecular weight excluding hydrogens is 442 g/mol. The lowest BCUT2D eigenvalue weighted by Gasteiger charge is -2.35. The van der Waals surface area contributed by atoms with Gasteiger partial charge in [0.2, 0.25) is 5.91 Å². The van der Waals surface area contributed by atoms with Gasteiger partial charge < -0.3 is 19.4 Å². The van der Waals surface area contributed by atoms with E-state index >= 15 is 0 Å². The number of morpholine rings is 1. The highest BCUT2D eigenvalue weighted by atomic mass is 16.5. The lowest BCUT2D eigenvalue weighted by Crippen LogP contribution is -2.52. The molecule has 3 heterocycles. The van der Waals surface area contributed by atoms with E-state index in [2.05, 4.69) is 29.3 Å². The van der Waals surface area contributed by atoms with Crippen LogP contribution in [0.5, 0.6) is 0 Å². The topological polar surface area (TPSA) is 75.0 Å². The zero-order valence-corrected chi connectivity index (χ0v) is 20.0. The Labute approximate surface area is 205 Å². The number of benzene rings is 2. The molecular formula is C28H31N3O4. The number of nitrogens with zero attached hydrogens (tertiary/aromatic N) is 2. The highest BCUT2D eigenvalue weighted by molar-refractivity contribution is 5.96. The maximum Gasteiger partial charge on any atom is 0.290 e. The minimum absolute atomic E-state index is 0.160. The van der Waals surface area contributed by atoms with Gasteiger partial charge in [0, 0.05) is 39.1 Å². The maximum absolute atomic E-state index is 13.3. The minimum Gasteiger partial charge on any atom is -0.459 e. The van der Waals surface area contributed by atoms with E-state index in [1.165, 1.54) is 11.8 Å². The molecule has 7 heteroatoms. The van der Waals surface area contributed by atoms with Gasteiger partial charge in [0.15, 0.2) is 5.76 Å². The number of rotatable bonds is 6. The van der Waals surface area contributed by atoms with Crippen molar-refractivity contribution in [1.82, 2.24) is 15.1 Å². The molecule has 1 saturated heterocycles. The van der Waals surface area contributed by atoms with Gasteiger partial charge in [-0.1, -0.05) is 48.5 Å². The van der Waals surface area contributed by atoms with Crippen molar-refractivity contribution in [2.24, 2.45) is 0 Å². The molecule has 1 fully saturated rings. The van der Waals surface area contributed by atoms with Gasteiger partial charge in [0.05, 0.1) is 19.0 Å². The van der Waals surface area contributed by atoms with Crippen LogP contribution >= 0.6 is 0 Å². The Balaban J connectivity index is 1.27. The third-order valence-electron chi connectivity index (χ3n) is 6.73. The Hall–Kier alpha value is -3.42. The highest BCUT2D eigenvalue weighted by Crippen LogP contribution is 2.25. The number of carbonyl (C=O) groups excluding carboxylic acids is 2. The van der Waals surface area contributed by atoms with E-state index in [9.17, 15) is 9.59 Å². The first-order valence-electron chi connectivity index (χ1n) is 12.2. The number of carbonyl (C=O) groups is 2. The molecule has 0 bridgehead atoms. The molecule has 7 nitrogen and oxygen atoms in total. The van der Waals surface area contributed by atoms with Gasteiger partial charge in [-0.3, -0.25) is 14.5 Å². The van der Waals surface area contributed by atoms with Crippen molar-refractivity contribution in [3.05, 3.63) is 94.9 Å². The Kier molecular flexibility index (Phi) is 6.97. The van der Waals surface area contributed by atoms with Crippen LogP contribution in [0.4, 0.5) is 0 Å². The second kappa shape index (κ2) is 10.5. The molecule has 3 aromatic rings. The van der Waals surface area contributed by atoms with E-state index in [4.69, 9.17) is 9.15 Å². The molecule has 1 aromatic heterocycles. The third kappa shape index (κ3) is 5.47. The number of hydrogen-bond acceptors (Lipinski definition) is 5. The number of hydrogen-bond donors (Lipinski definition) is 1. The minimum atomic E-state index is -0.597. The van der Waals surface area contributed by atoms with E-state index in [1.54, 1.807) is 17.0 Å². The molecule has 0 radical (unpaired) electrons. The molecule has 2 aliphatic heterocycles. The second-order valence-corrected chi connectivity index (χ2v) is 9.35. The van der Waals surface area contributed by atoms with Crippen molar-refractivity contribution in [2.75, 3.05) is 19.7 Å². The summed E-state index contributed by atoms with van der Waals surface area (Å²) in [5.74, 6) is -0.189. The average molecular weight is 474 g/mol. The molecule has 2 amide bonds. The standard InChI is InChI=1S/C28H31N3O4/c1-20-17-30(11-13-34-20)18-22-7-4-6-21(14-22)16-29-27(32)25-15-23-8-2-3-9-24(23)19-31(25)28(33)26-10-5-12-35-26/h2-10,12,14,20,25H,11,13,15-19H2,1H3,(H,29,32). The molecule has 182 valence electrons. The summed E-state index contributed by atoms with van der Waals surface area (Å²) >= 11 is 0.